The van der Waals surface area contributed by atoms with Crippen LogP contribution >= 0.6 is 0 Å². The Morgan fingerprint density at radius 2 is 1.87 bits per heavy atom. The second-order valence-electron chi connectivity index (χ2n) is 6.16. The molecule has 0 saturated heterocycles. The van der Waals surface area contributed by atoms with Crippen molar-refractivity contribution in [1.82, 2.24) is 15.3 Å². The molecule has 0 saturated carbocycles. The van der Waals surface area contributed by atoms with E-state index in [-0.39, 0.29) is 5.56 Å². The molecule has 23 heavy (non-hydrogen) atoms. The highest BCUT2D eigenvalue weighted by atomic mass is 16.1. The van der Waals surface area contributed by atoms with Crippen molar-refractivity contribution in [3.8, 4) is 0 Å². The van der Waals surface area contributed by atoms with E-state index in [1.165, 1.54) is 38.5 Å². The minimum Gasteiger partial charge on any atom is -0.313 e. The number of unbranched alkanes of at least 4 members (excludes halogenated alkanes) is 5. The highest BCUT2D eigenvalue weighted by molar-refractivity contribution is 5.78. The summed E-state index contributed by atoms with van der Waals surface area (Å²) in [5.74, 6) is 0.747. The van der Waals surface area contributed by atoms with Crippen molar-refractivity contribution in [1.29, 1.82) is 0 Å². The van der Waals surface area contributed by atoms with Gasteiger partial charge >= 0.3 is 0 Å². The normalized spacial score (nSPS) is 11.2. The van der Waals surface area contributed by atoms with Gasteiger partial charge < -0.3 is 10.3 Å². The lowest BCUT2D eigenvalue weighted by atomic mass is 10.1. The molecule has 2 N–H and O–H groups in total. The summed E-state index contributed by atoms with van der Waals surface area (Å²) in [6.07, 6.45) is 8.62. The van der Waals surface area contributed by atoms with Crippen molar-refractivity contribution < 1.29 is 0 Å². The average Bonchev–Trinajstić information content (AvgIpc) is 2.57. The first-order valence-electron chi connectivity index (χ1n) is 8.97. The number of hydrogen-bond donors (Lipinski definition) is 2. The maximum atomic E-state index is 12.1. The molecular weight excluding hydrogens is 286 g/mol. The molecule has 2 rings (SSSR count). The van der Waals surface area contributed by atoms with Crippen LogP contribution in [0.3, 0.4) is 0 Å². The summed E-state index contributed by atoms with van der Waals surface area (Å²) < 4.78 is 0. The minimum absolute atomic E-state index is 0.0374. The molecule has 0 unspecified atom stereocenters. The Morgan fingerprint density at radius 3 is 2.65 bits per heavy atom. The molecular formula is C19H29N3O. The van der Waals surface area contributed by atoms with Gasteiger partial charge in [0.05, 0.1) is 10.9 Å². The van der Waals surface area contributed by atoms with Crippen LogP contribution < -0.4 is 10.9 Å². The topological polar surface area (TPSA) is 57.8 Å². The number of nitrogens with one attached hydrogen (secondary N) is 2. The van der Waals surface area contributed by atoms with Gasteiger partial charge in [-0.05, 0) is 30.7 Å². The van der Waals surface area contributed by atoms with Gasteiger partial charge in [0.1, 0.15) is 5.82 Å². The largest absolute Gasteiger partial charge is 0.313 e. The van der Waals surface area contributed by atoms with Gasteiger partial charge in [-0.2, -0.15) is 0 Å². The summed E-state index contributed by atoms with van der Waals surface area (Å²) in [6.45, 7) is 6.08. The van der Waals surface area contributed by atoms with Gasteiger partial charge in [-0.15, -0.1) is 0 Å². The zero-order chi connectivity index (χ0) is 16.5. The first-order chi connectivity index (χ1) is 11.2. The summed E-state index contributed by atoms with van der Waals surface area (Å²) in [5, 5.41) is 4.15. The van der Waals surface area contributed by atoms with Crippen LogP contribution in [0.2, 0.25) is 0 Å². The van der Waals surface area contributed by atoms with E-state index in [9.17, 15) is 4.79 Å². The molecule has 126 valence electrons. The van der Waals surface area contributed by atoms with Crippen LogP contribution in [-0.2, 0) is 13.0 Å². The minimum atomic E-state index is -0.0374. The standard InChI is InChI=1S/C19H29N3O/c1-3-5-6-7-8-9-12-20-14-15-10-11-17-16(13-15)19(23)22-18(4-2)21-17/h10-11,13,20H,3-9,12,14H2,1-2H3,(H,21,22,23). The van der Waals surface area contributed by atoms with Gasteiger partial charge in [-0.3, -0.25) is 4.79 Å². The third-order valence-electron chi connectivity index (χ3n) is 4.19. The second-order valence-corrected chi connectivity index (χ2v) is 6.16. The molecule has 0 spiro atoms. The van der Waals surface area contributed by atoms with E-state index in [0.717, 1.165) is 36.4 Å². The molecule has 0 bridgehead atoms. The Kier molecular flexibility index (Phi) is 7.27. The zero-order valence-corrected chi connectivity index (χ0v) is 14.5. The van der Waals surface area contributed by atoms with Crippen molar-refractivity contribution in [2.24, 2.45) is 0 Å². The number of H-pyrrole nitrogens is 1. The first kappa shape index (κ1) is 17.7. The lowest BCUT2D eigenvalue weighted by Gasteiger charge is -2.07. The number of hydrogen-bond acceptors (Lipinski definition) is 3. The summed E-state index contributed by atoms with van der Waals surface area (Å²) in [7, 11) is 0. The molecule has 0 aliphatic heterocycles. The number of fused-ring (bicyclic) bond motifs is 1. The summed E-state index contributed by atoms with van der Waals surface area (Å²) in [6, 6.07) is 5.96. The van der Waals surface area contributed by atoms with Crippen LogP contribution in [0, 0.1) is 0 Å². The van der Waals surface area contributed by atoms with E-state index in [0.29, 0.717) is 5.39 Å². The third-order valence-corrected chi connectivity index (χ3v) is 4.19. The predicted molar refractivity (Wildman–Crippen MR) is 96.8 cm³/mol. The van der Waals surface area contributed by atoms with Crippen molar-refractivity contribution in [3.63, 3.8) is 0 Å². The molecule has 4 nitrogen and oxygen atoms in total. The Balaban J connectivity index is 1.82. The van der Waals surface area contributed by atoms with E-state index in [1.54, 1.807) is 0 Å². The van der Waals surface area contributed by atoms with Gasteiger partial charge in [0.25, 0.3) is 5.56 Å². The predicted octanol–water partition coefficient (Wildman–Crippen LogP) is 3.94. The van der Waals surface area contributed by atoms with E-state index in [4.69, 9.17) is 0 Å². The van der Waals surface area contributed by atoms with E-state index < -0.39 is 0 Å². The molecule has 0 aliphatic carbocycles. The molecule has 4 heteroatoms. The Hall–Kier alpha value is -1.68. The van der Waals surface area contributed by atoms with Crippen LogP contribution in [0.1, 0.15) is 63.8 Å². The molecule has 0 fully saturated rings. The molecule has 2 aromatic rings. The summed E-state index contributed by atoms with van der Waals surface area (Å²) in [5.41, 5.74) is 1.88. The highest BCUT2D eigenvalue weighted by Crippen LogP contribution is 2.11. The van der Waals surface area contributed by atoms with Crippen LogP contribution in [-0.4, -0.2) is 16.5 Å². The molecule has 1 aromatic heterocycles. The van der Waals surface area contributed by atoms with Crippen LogP contribution in [0.25, 0.3) is 10.9 Å². The van der Waals surface area contributed by atoms with Crippen molar-refractivity contribution >= 4 is 10.9 Å². The second kappa shape index (κ2) is 9.46. The third kappa shape index (κ3) is 5.47. The van der Waals surface area contributed by atoms with Gasteiger partial charge in [0.2, 0.25) is 0 Å². The molecule has 1 heterocycles. The number of benzene rings is 1. The highest BCUT2D eigenvalue weighted by Gasteiger charge is 2.04. The first-order valence-corrected chi connectivity index (χ1v) is 8.97. The Labute approximate surface area is 138 Å². The number of nitrogens with zero attached hydrogens (tertiary/aromatic N) is 1. The summed E-state index contributed by atoms with van der Waals surface area (Å²) >= 11 is 0. The zero-order valence-electron chi connectivity index (χ0n) is 14.5. The van der Waals surface area contributed by atoms with Crippen molar-refractivity contribution in [2.45, 2.75) is 65.3 Å². The van der Waals surface area contributed by atoms with Gasteiger partial charge in [0, 0.05) is 13.0 Å². The van der Waals surface area contributed by atoms with Gasteiger partial charge in [0.15, 0.2) is 0 Å². The fourth-order valence-corrected chi connectivity index (χ4v) is 2.77. The quantitative estimate of drug-likeness (QED) is 0.653. The summed E-state index contributed by atoms with van der Waals surface area (Å²) in [4.78, 5) is 19.4. The van der Waals surface area contributed by atoms with Crippen molar-refractivity contribution in [3.05, 3.63) is 39.9 Å². The number of aromatic nitrogens is 2. The van der Waals surface area contributed by atoms with Crippen LogP contribution in [0.5, 0.6) is 0 Å². The maximum Gasteiger partial charge on any atom is 0.258 e. The van der Waals surface area contributed by atoms with Gasteiger partial charge in [-0.25, -0.2) is 4.98 Å². The SMILES string of the molecule is CCCCCCCCNCc1ccc2nc(CC)[nH]c(=O)c2c1. The molecule has 0 aliphatic rings. The fraction of sp³-hybridized carbons (Fsp3) is 0.579. The Morgan fingerprint density at radius 1 is 1.09 bits per heavy atom. The van der Waals surface area contributed by atoms with E-state index in [1.807, 2.05) is 19.1 Å². The smallest absolute Gasteiger partial charge is 0.258 e. The fourth-order valence-electron chi connectivity index (χ4n) is 2.77. The number of rotatable bonds is 10. The van der Waals surface area contributed by atoms with Crippen molar-refractivity contribution in [2.75, 3.05) is 6.54 Å². The molecule has 0 radical (unpaired) electrons. The number of aryl methyl sites for hydroxylation is 1. The maximum absolute atomic E-state index is 12.1. The molecule has 1 aromatic carbocycles. The van der Waals surface area contributed by atoms with E-state index >= 15 is 0 Å². The van der Waals surface area contributed by atoms with Gasteiger partial charge in [-0.1, -0.05) is 52.0 Å². The lowest BCUT2D eigenvalue weighted by Crippen LogP contribution is -2.16. The van der Waals surface area contributed by atoms with E-state index in [2.05, 4.69) is 28.3 Å². The number of aromatic amines is 1. The lowest BCUT2D eigenvalue weighted by molar-refractivity contribution is 0.572. The average molecular weight is 315 g/mol. The molecule has 0 amide bonds. The molecule has 0 atom stereocenters. The Bertz CT molecular complexity index is 663. The van der Waals surface area contributed by atoms with Crippen LogP contribution in [0.15, 0.2) is 23.0 Å². The van der Waals surface area contributed by atoms with Crippen LogP contribution in [0.4, 0.5) is 0 Å². The monoisotopic (exact) mass is 315 g/mol.